The first-order valence-electron chi connectivity index (χ1n) is 7.15. The number of benzene rings is 2. The molecule has 0 aliphatic heterocycles. The number of phenolic OH excluding ortho intramolecular Hbond substituents is 1. The monoisotopic (exact) mass is 310 g/mol. The number of rotatable bonds is 6. The SMILES string of the molecule is O=C(C=Cc1cccc(O)c1)C=Cc1ccc(CO)c(CO)c1. The molecule has 0 atom stereocenters. The third kappa shape index (κ3) is 4.92. The zero-order chi connectivity index (χ0) is 16.7. The van der Waals surface area contributed by atoms with E-state index in [1.807, 2.05) is 0 Å². The van der Waals surface area contributed by atoms with E-state index >= 15 is 0 Å². The van der Waals surface area contributed by atoms with Crippen molar-refractivity contribution in [2.75, 3.05) is 0 Å². The van der Waals surface area contributed by atoms with Crippen LogP contribution in [0, 0.1) is 0 Å². The summed E-state index contributed by atoms with van der Waals surface area (Å²) in [5, 5.41) is 27.7. The molecule has 0 spiro atoms. The first-order valence-corrected chi connectivity index (χ1v) is 7.15. The van der Waals surface area contributed by atoms with Crippen molar-refractivity contribution in [1.82, 2.24) is 0 Å². The molecule has 4 heteroatoms. The molecular weight excluding hydrogens is 292 g/mol. The number of aliphatic hydroxyl groups is 2. The van der Waals surface area contributed by atoms with Crippen LogP contribution in [-0.4, -0.2) is 21.1 Å². The Labute approximate surface area is 134 Å². The Morgan fingerprint density at radius 1 is 0.870 bits per heavy atom. The summed E-state index contributed by atoms with van der Waals surface area (Å²) in [6.07, 6.45) is 6.12. The Bertz CT molecular complexity index is 745. The van der Waals surface area contributed by atoms with E-state index in [0.717, 1.165) is 11.1 Å². The fourth-order valence-corrected chi connectivity index (χ4v) is 2.09. The molecule has 0 bridgehead atoms. The van der Waals surface area contributed by atoms with E-state index < -0.39 is 0 Å². The van der Waals surface area contributed by atoms with Crippen LogP contribution in [0.2, 0.25) is 0 Å². The molecule has 2 aromatic carbocycles. The average Bonchev–Trinajstić information content (AvgIpc) is 2.57. The maximum Gasteiger partial charge on any atom is 0.178 e. The van der Waals surface area contributed by atoms with Crippen molar-refractivity contribution < 1.29 is 20.1 Å². The molecule has 2 aromatic rings. The second-order valence-electron chi connectivity index (χ2n) is 5.01. The summed E-state index contributed by atoms with van der Waals surface area (Å²) < 4.78 is 0. The normalized spacial score (nSPS) is 11.4. The Morgan fingerprint density at radius 2 is 1.52 bits per heavy atom. The smallest absolute Gasteiger partial charge is 0.178 e. The largest absolute Gasteiger partial charge is 0.508 e. The number of aliphatic hydroxyl groups excluding tert-OH is 2. The van der Waals surface area contributed by atoms with Gasteiger partial charge in [-0.2, -0.15) is 0 Å². The van der Waals surface area contributed by atoms with Gasteiger partial charge < -0.3 is 15.3 Å². The Hall–Kier alpha value is -2.69. The molecule has 0 saturated carbocycles. The van der Waals surface area contributed by atoms with Crippen LogP contribution < -0.4 is 0 Å². The summed E-state index contributed by atoms with van der Waals surface area (Å²) in [5.74, 6) is -0.0410. The number of hydrogen-bond acceptors (Lipinski definition) is 4. The van der Waals surface area contributed by atoms with Crippen LogP contribution in [0.1, 0.15) is 22.3 Å². The molecule has 0 fully saturated rings. The van der Waals surface area contributed by atoms with Crippen LogP contribution in [0.4, 0.5) is 0 Å². The third-order valence-electron chi connectivity index (χ3n) is 3.32. The Kier molecular flexibility index (Phi) is 5.86. The molecule has 0 aliphatic carbocycles. The van der Waals surface area contributed by atoms with Crippen molar-refractivity contribution in [3.8, 4) is 5.75 Å². The van der Waals surface area contributed by atoms with Gasteiger partial charge >= 0.3 is 0 Å². The molecule has 0 saturated heterocycles. The molecule has 23 heavy (non-hydrogen) atoms. The van der Waals surface area contributed by atoms with Gasteiger partial charge in [0.1, 0.15) is 5.75 Å². The number of carbonyl (C=O) groups excluding carboxylic acids is 1. The molecule has 0 unspecified atom stereocenters. The number of phenols is 1. The summed E-state index contributed by atoms with van der Waals surface area (Å²) in [7, 11) is 0. The lowest BCUT2D eigenvalue weighted by Gasteiger charge is -2.05. The zero-order valence-corrected chi connectivity index (χ0v) is 12.5. The van der Waals surface area contributed by atoms with E-state index in [-0.39, 0.29) is 24.7 Å². The summed E-state index contributed by atoms with van der Waals surface area (Å²) >= 11 is 0. The molecule has 2 rings (SSSR count). The van der Waals surface area contributed by atoms with Crippen LogP contribution in [0.3, 0.4) is 0 Å². The minimum Gasteiger partial charge on any atom is -0.508 e. The molecule has 0 aliphatic rings. The highest BCUT2D eigenvalue weighted by atomic mass is 16.3. The highest BCUT2D eigenvalue weighted by Crippen LogP contribution is 2.14. The summed E-state index contributed by atoms with van der Waals surface area (Å²) in [6, 6.07) is 11.8. The zero-order valence-electron chi connectivity index (χ0n) is 12.5. The lowest BCUT2D eigenvalue weighted by atomic mass is 10.0. The topological polar surface area (TPSA) is 77.8 Å². The molecule has 4 nitrogen and oxygen atoms in total. The highest BCUT2D eigenvalue weighted by Gasteiger charge is 2.01. The quantitative estimate of drug-likeness (QED) is 0.717. The van der Waals surface area contributed by atoms with Crippen molar-refractivity contribution in [2.45, 2.75) is 13.2 Å². The van der Waals surface area contributed by atoms with Crippen LogP contribution in [0.25, 0.3) is 12.2 Å². The first-order chi connectivity index (χ1) is 11.1. The second-order valence-corrected chi connectivity index (χ2v) is 5.01. The minimum atomic E-state index is -0.190. The Morgan fingerprint density at radius 3 is 2.13 bits per heavy atom. The molecule has 0 amide bonds. The number of allylic oxidation sites excluding steroid dienone is 2. The molecule has 0 aromatic heterocycles. The molecule has 3 N–H and O–H groups in total. The van der Waals surface area contributed by atoms with E-state index in [1.54, 1.807) is 54.6 Å². The minimum absolute atomic E-state index is 0.133. The van der Waals surface area contributed by atoms with Gasteiger partial charge in [0.05, 0.1) is 13.2 Å². The number of carbonyl (C=O) groups is 1. The summed E-state index contributed by atoms with van der Waals surface area (Å²) in [5.41, 5.74) is 2.81. The van der Waals surface area contributed by atoms with Gasteiger partial charge in [0.2, 0.25) is 0 Å². The van der Waals surface area contributed by atoms with Gasteiger partial charge in [0.15, 0.2) is 5.78 Å². The predicted octanol–water partition coefficient (Wildman–Crippen LogP) is 2.67. The van der Waals surface area contributed by atoms with Crippen LogP contribution in [0.5, 0.6) is 5.75 Å². The van der Waals surface area contributed by atoms with Crippen molar-refractivity contribution in [3.05, 3.63) is 76.9 Å². The first kappa shape index (κ1) is 16.7. The fourth-order valence-electron chi connectivity index (χ4n) is 2.09. The second kappa shape index (κ2) is 8.08. The molecular formula is C19H18O4. The van der Waals surface area contributed by atoms with Crippen molar-refractivity contribution in [1.29, 1.82) is 0 Å². The fraction of sp³-hybridized carbons (Fsp3) is 0.105. The van der Waals surface area contributed by atoms with E-state index in [1.165, 1.54) is 12.2 Å². The van der Waals surface area contributed by atoms with Crippen molar-refractivity contribution in [3.63, 3.8) is 0 Å². The van der Waals surface area contributed by atoms with Gasteiger partial charge in [0.25, 0.3) is 0 Å². The van der Waals surface area contributed by atoms with Crippen molar-refractivity contribution in [2.24, 2.45) is 0 Å². The summed E-state index contributed by atoms with van der Waals surface area (Å²) in [4.78, 5) is 11.8. The van der Waals surface area contributed by atoms with Gasteiger partial charge in [-0.1, -0.05) is 36.4 Å². The van der Waals surface area contributed by atoms with Crippen LogP contribution in [0.15, 0.2) is 54.6 Å². The van der Waals surface area contributed by atoms with E-state index in [2.05, 4.69) is 0 Å². The number of hydrogen-bond donors (Lipinski definition) is 3. The highest BCUT2D eigenvalue weighted by molar-refractivity contribution is 6.04. The van der Waals surface area contributed by atoms with Gasteiger partial charge in [-0.3, -0.25) is 4.79 Å². The molecule has 118 valence electrons. The van der Waals surface area contributed by atoms with Gasteiger partial charge in [-0.15, -0.1) is 0 Å². The number of ketones is 1. The molecule has 0 heterocycles. The molecule has 0 radical (unpaired) electrons. The van der Waals surface area contributed by atoms with Crippen LogP contribution in [-0.2, 0) is 18.0 Å². The average molecular weight is 310 g/mol. The van der Waals surface area contributed by atoms with Crippen molar-refractivity contribution >= 4 is 17.9 Å². The standard InChI is InChI=1S/C19H18O4/c20-12-16-7-4-15(10-17(16)13-21)6-9-18(22)8-5-14-2-1-3-19(23)11-14/h1-11,20-21,23H,12-13H2. The number of aromatic hydroxyl groups is 1. The maximum atomic E-state index is 11.8. The lowest BCUT2D eigenvalue weighted by molar-refractivity contribution is -0.110. The third-order valence-corrected chi connectivity index (χ3v) is 3.32. The van der Waals surface area contributed by atoms with Gasteiger partial charge in [-0.05, 0) is 52.6 Å². The van der Waals surface area contributed by atoms with Gasteiger partial charge in [-0.25, -0.2) is 0 Å². The lowest BCUT2D eigenvalue weighted by Crippen LogP contribution is -1.94. The van der Waals surface area contributed by atoms with Crippen LogP contribution >= 0.6 is 0 Å². The van der Waals surface area contributed by atoms with Gasteiger partial charge in [0, 0.05) is 0 Å². The van der Waals surface area contributed by atoms with E-state index in [0.29, 0.717) is 11.1 Å². The predicted molar refractivity (Wildman–Crippen MR) is 89.5 cm³/mol. The maximum absolute atomic E-state index is 11.8. The summed E-state index contributed by atoms with van der Waals surface area (Å²) in [6.45, 7) is -0.297. The van der Waals surface area contributed by atoms with E-state index in [9.17, 15) is 15.0 Å². The Balaban J connectivity index is 2.06. The van der Waals surface area contributed by atoms with E-state index in [4.69, 9.17) is 5.11 Å².